The summed E-state index contributed by atoms with van der Waals surface area (Å²) in [5, 5.41) is 3.05. The maximum atomic E-state index is 13.7. The second kappa shape index (κ2) is 7.27. The van der Waals surface area contributed by atoms with Gasteiger partial charge in [0, 0.05) is 12.0 Å². The van der Waals surface area contributed by atoms with E-state index in [1.807, 2.05) is 24.3 Å². The molecule has 2 bridgehead atoms. The molecule has 0 aromatic heterocycles. The maximum absolute atomic E-state index is 13.7. The van der Waals surface area contributed by atoms with E-state index >= 15 is 0 Å². The Bertz CT molecular complexity index is 1090. The van der Waals surface area contributed by atoms with Crippen LogP contribution in [0.4, 0.5) is 0 Å². The Morgan fingerprint density at radius 3 is 2.16 bits per heavy atom. The fourth-order valence-electron chi connectivity index (χ4n) is 6.56. The van der Waals surface area contributed by atoms with Crippen molar-refractivity contribution in [1.29, 1.82) is 0 Å². The number of nitrogens with zero attached hydrogens (tertiary/aromatic N) is 1. The molecule has 32 heavy (non-hydrogen) atoms. The SMILES string of the molecule is O=C(CN1C(=O)[C@@H]2[C@@H](C1=O)C1c3ccccc3C2(Br)c2ccccc21)NC1CCCCC1. The van der Waals surface area contributed by atoms with E-state index in [2.05, 4.69) is 45.5 Å². The van der Waals surface area contributed by atoms with Gasteiger partial charge in [0.1, 0.15) is 6.54 Å². The van der Waals surface area contributed by atoms with Crippen LogP contribution in [-0.2, 0) is 18.7 Å². The van der Waals surface area contributed by atoms with Gasteiger partial charge in [-0.25, -0.2) is 0 Å². The van der Waals surface area contributed by atoms with Gasteiger partial charge in [0.15, 0.2) is 0 Å². The molecule has 1 saturated heterocycles. The molecule has 1 aliphatic heterocycles. The zero-order chi connectivity index (χ0) is 22.0. The molecule has 0 unspecified atom stereocenters. The number of rotatable bonds is 3. The molecule has 0 spiro atoms. The van der Waals surface area contributed by atoms with Crippen LogP contribution >= 0.6 is 15.9 Å². The highest BCUT2D eigenvalue weighted by atomic mass is 79.9. The van der Waals surface area contributed by atoms with Gasteiger partial charge in [0.25, 0.3) is 0 Å². The molecular weight excluding hydrogens is 468 g/mol. The van der Waals surface area contributed by atoms with E-state index in [4.69, 9.17) is 0 Å². The van der Waals surface area contributed by atoms with E-state index in [9.17, 15) is 14.4 Å². The van der Waals surface area contributed by atoms with Gasteiger partial charge in [-0.3, -0.25) is 19.3 Å². The number of imide groups is 1. The first-order chi connectivity index (χ1) is 15.5. The number of alkyl halides is 1. The number of hydrogen-bond acceptors (Lipinski definition) is 3. The number of halogens is 1. The second-order valence-corrected chi connectivity index (χ2v) is 10.8. The number of amides is 3. The average Bonchev–Trinajstić information content (AvgIpc) is 3.06. The summed E-state index contributed by atoms with van der Waals surface area (Å²) < 4.78 is -0.763. The standard InChI is InChI=1S/C26H25BrN2O3/c27-26-18-12-6-4-10-16(18)21(17-11-5-7-13-19(17)26)22-23(26)25(32)29(24(22)31)14-20(30)28-15-8-2-1-3-9-15/h4-7,10-13,15,21-23H,1-3,8-9,14H2,(H,28,30)/t21?,22-,23-,26?/m0/s1. The Hall–Kier alpha value is -2.47. The third-order valence-corrected chi connectivity index (χ3v) is 9.23. The first-order valence-electron chi connectivity index (χ1n) is 11.5. The molecule has 2 aromatic carbocycles. The van der Waals surface area contributed by atoms with Crippen LogP contribution in [0.15, 0.2) is 48.5 Å². The number of carbonyl (C=O) groups excluding carboxylic acids is 3. The lowest BCUT2D eigenvalue weighted by atomic mass is 9.55. The van der Waals surface area contributed by atoms with Gasteiger partial charge in [-0.2, -0.15) is 0 Å². The Balaban J connectivity index is 1.37. The van der Waals surface area contributed by atoms with Crippen molar-refractivity contribution in [3.05, 3.63) is 70.8 Å². The largest absolute Gasteiger partial charge is 0.352 e. The van der Waals surface area contributed by atoms with Gasteiger partial charge in [-0.05, 0) is 35.1 Å². The van der Waals surface area contributed by atoms with Gasteiger partial charge >= 0.3 is 0 Å². The summed E-state index contributed by atoms with van der Waals surface area (Å²) in [5.74, 6) is -1.92. The minimum absolute atomic E-state index is 0.151. The van der Waals surface area contributed by atoms with E-state index < -0.39 is 16.2 Å². The van der Waals surface area contributed by atoms with Crippen molar-refractivity contribution in [2.45, 2.75) is 48.4 Å². The van der Waals surface area contributed by atoms with Gasteiger partial charge in [0.2, 0.25) is 17.7 Å². The Kier molecular flexibility index (Phi) is 4.58. The third kappa shape index (κ3) is 2.65. The number of benzene rings is 2. The first kappa shape index (κ1) is 20.2. The molecular formula is C26H25BrN2O3. The fourth-order valence-corrected chi connectivity index (χ4v) is 7.76. The molecule has 4 aliphatic carbocycles. The summed E-state index contributed by atoms with van der Waals surface area (Å²) in [6.45, 7) is -0.191. The molecule has 0 radical (unpaired) electrons. The van der Waals surface area contributed by atoms with Crippen LogP contribution in [0.5, 0.6) is 0 Å². The average molecular weight is 493 g/mol. The second-order valence-electron chi connectivity index (χ2n) is 9.53. The Morgan fingerprint density at radius 2 is 1.53 bits per heavy atom. The van der Waals surface area contributed by atoms with Crippen LogP contribution in [0.25, 0.3) is 0 Å². The topological polar surface area (TPSA) is 66.5 Å². The maximum Gasteiger partial charge on any atom is 0.240 e. The van der Waals surface area contributed by atoms with Crippen LogP contribution in [-0.4, -0.2) is 35.2 Å². The first-order valence-corrected chi connectivity index (χ1v) is 12.3. The molecule has 3 amide bonds. The summed E-state index contributed by atoms with van der Waals surface area (Å²) in [6, 6.07) is 16.3. The van der Waals surface area contributed by atoms with Crippen molar-refractivity contribution >= 4 is 33.7 Å². The normalized spacial score (nSPS) is 30.7. The lowest BCUT2D eigenvalue weighted by molar-refractivity contribution is -0.144. The minimum Gasteiger partial charge on any atom is -0.352 e. The van der Waals surface area contributed by atoms with Gasteiger partial charge in [0.05, 0.1) is 16.2 Å². The van der Waals surface area contributed by atoms with E-state index in [-0.39, 0.29) is 36.2 Å². The van der Waals surface area contributed by atoms with Crippen LogP contribution in [0.3, 0.4) is 0 Å². The van der Waals surface area contributed by atoms with E-state index in [0.29, 0.717) is 0 Å². The number of hydrogen-bond donors (Lipinski definition) is 1. The van der Waals surface area contributed by atoms with Gasteiger partial charge in [-0.15, -0.1) is 0 Å². The fraction of sp³-hybridized carbons (Fsp3) is 0.423. The van der Waals surface area contributed by atoms with Crippen LogP contribution in [0.2, 0.25) is 0 Å². The molecule has 2 fully saturated rings. The molecule has 1 saturated carbocycles. The Labute approximate surface area is 195 Å². The molecule has 2 aromatic rings. The number of likely N-dealkylation sites (tertiary alicyclic amines) is 1. The lowest BCUT2D eigenvalue weighted by Crippen LogP contribution is -2.50. The summed E-state index contributed by atoms with van der Waals surface area (Å²) in [7, 11) is 0. The van der Waals surface area contributed by atoms with Crippen molar-refractivity contribution in [3.8, 4) is 0 Å². The Morgan fingerprint density at radius 1 is 0.938 bits per heavy atom. The number of carbonyl (C=O) groups is 3. The van der Waals surface area contributed by atoms with Crippen molar-refractivity contribution < 1.29 is 14.4 Å². The highest BCUT2D eigenvalue weighted by molar-refractivity contribution is 9.09. The molecule has 5 aliphatic rings. The van der Waals surface area contributed by atoms with E-state index in [1.165, 1.54) is 11.3 Å². The van der Waals surface area contributed by atoms with Crippen LogP contribution < -0.4 is 5.32 Å². The summed E-state index contributed by atoms with van der Waals surface area (Å²) >= 11 is 3.98. The van der Waals surface area contributed by atoms with Gasteiger partial charge < -0.3 is 5.32 Å². The van der Waals surface area contributed by atoms with Crippen LogP contribution in [0.1, 0.15) is 60.3 Å². The highest BCUT2D eigenvalue weighted by Gasteiger charge is 2.67. The van der Waals surface area contributed by atoms with Crippen molar-refractivity contribution in [3.63, 3.8) is 0 Å². The smallest absolute Gasteiger partial charge is 0.240 e. The summed E-state index contributed by atoms with van der Waals surface area (Å²) in [4.78, 5) is 41.3. The summed E-state index contributed by atoms with van der Waals surface area (Å²) in [6.07, 6.45) is 5.36. The van der Waals surface area contributed by atoms with Crippen molar-refractivity contribution in [2.24, 2.45) is 11.8 Å². The van der Waals surface area contributed by atoms with Crippen LogP contribution in [0, 0.1) is 11.8 Å². The molecule has 1 N–H and O–H groups in total. The quantitative estimate of drug-likeness (QED) is 0.522. The predicted octanol–water partition coefficient (Wildman–Crippen LogP) is 3.83. The number of nitrogens with one attached hydrogen (secondary N) is 1. The van der Waals surface area contributed by atoms with Crippen molar-refractivity contribution in [1.82, 2.24) is 10.2 Å². The lowest BCUT2D eigenvalue weighted by Gasteiger charge is -2.51. The molecule has 5 nitrogen and oxygen atoms in total. The monoisotopic (exact) mass is 492 g/mol. The van der Waals surface area contributed by atoms with E-state index in [0.717, 1.165) is 47.9 Å². The molecule has 7 rings (SSSR count). The summed E-state index contributed by atoms with van der Waals surface area (Å²) in [5.41, 5.74) is 4.30. The van der Waals surface area contributed by atoms with E-state index in [1.54, 1.807) is 0 Å². The van der Waals surface area contributed by atoms with Gasteiger partial charge in [-0.1, -0.05) is 83.7 Å². The third-order valence-electron chi connectivity index (χ3n) is 7.88. The predicted molar refractivity (Wildman–Crippen MR) is 123 cm³/mol. The zero-order valence-electron chi connectivity index (χ0n) is 17.7. The molecule has 164 valence electrons. The molecule has 6 heteroatoms. The minimum atomic E-state index is -0.763. The zero-order valence-corrected chi connectivity index (χ0v) is 19.3. The highest BCUT2D eigenvalue weighted by Crippen LogP contribution is 2.66. The molecule has 2 atom stereocenters. The molecule has 1 heterocycles. The van der Waals surface area contributed by atoms with Crippen molar-refractivity contribution in [2.75, 3.05) is 6.54 Å².